The summed E-state index contributed by atoms with van der Waals surface area (Å²) in [7, 11) is 0. The van der Waals surface area contributed by atoms with Crippen molar-refractivity contribution in [2.45, 2.75) is 26.4 Å². The van der Waals surface area contributed by atoms with Crippen LogP contribution in [-0.2, 0) is 6.54 Å². The summed E-state index contributed by atoms with van der Waals surface area (Å²) in [5.41, 5.74) is 7.34. The molecule has 2 aromatic heterocycles. The summed E-state index contributed by atoms with van der Waals surface area (Å²) >= 11 is 1.79. The zero-order chi connectivity index (χ0) is 11.5. The van der Waals surface area contributed by atoms with Gasteiger partial charge < -0.3 is 10.3 Å². The minimum Gasteiger partial charge on any atom is -0.349 e. The molecule has 0 spiro atoms. The van der Waals surface area contributed by atoms with E-state index in [0.29, 0.717) is 5.92 Å². The third-order valence-electron chi connectivity index (χ3n) is 2.80. The van der Waals surface area contributed by atoms with E-state index in [-0.39, 0.29) is 6.04 Å². The normalized spacial score (nSPS) is 13.2. The highest BCUT2D eigenvalue weighted by molar-refractivity contribution is 7.09. The van der Waals surface area contributed by atoms with Gasteiger partial charge in [0, 0.05) is 23.3 Å². The standard InChI is InChI=1S/C13H18N2S/c1-10(2)13(14)11-5-6-15(8-11)9-12-4-3-7-16-12/h3-8,10,13H,9,14H2,1-2H3. The molecule has 1 unspecified atom stereocenters. The third-order valence-corrected chi connectivity index (χ3v) is 3.66. The minimum atomic E-state index is 0.143. The molecule has 2 heterocycles. The molecule has 2 aromatic rings. The monoisotopic (exact) mass is 234 g/mol. The Morgan fingerprint density at radius 2 is 2.19 bits per heavy atom. The Morgan fingerprint density at radius 3 is 2.81 bits per heavy atom. The lowest BCUT2D eigenvalue weighted by Crippen LogP contribution is -2.15. The number of hydrogen-bond acceptors (Lipinski definition) is 2. The van der Waals surface area contributed by atoms with E-state index in [1.807, 2.05) is 0 Å². The van der Waals surface area contributed by atoms with Gasteiger partial charge in [0.2, 0.25) is 0 Å². The van der Waals surface area contributed by atoms with E-state index in [4.69, 9.17) is 5.73 Å². The van der Waals surface area contributed by atoms with Crippen LogP contribution in [0.25, 0.3) is 0 Å². The molecule has 0 saturated carbocycles. The Hall–Kier alpha value is -1.06. The van der Waals surface area contributed by atoms with Crippen LogP contribution in [-0.4, -0.2) is 4.57 Å². The summed E-state index contributed by atoms with van der Waals surface area (Å²) in [5, 5.41) is 2.11. The highest BCUT2D eigenvalue weighted by Gasteiger charge is 2.11. The van der Waals surface area contributed by atoms with Crippen molar-refractivity contribution in [2.75, 3.05) is 0 Å². The van der Waals surface area contributed by atoms with Gasteiger partial charge in [0.1, 0.15) is 0 Å². The number of rotatable bonds is 4. The van der Waals surface area contributed by atoms with E-state index in [0.717, 1.165) is 6.54 Å². The minimum absolute atomic E-state index is 0.143. The summed E-state index contributed by atoms with van der Waals surface area (Å²) in [4.78, 5) is 1.38. The maximum atomic E-state index is 6.11. The van der Waals surface area contributed by atoms with Gasteiger partial charge in [-0.25, -0.2) is 0 Å². The van der Waals surface area contributed by atoms with Crippen molar-refractivity contribution in [3.05, 3.63) is 46.4 Å². The summed E-state index contributed by atoms with van der Waals surface area (Å²) in [6.45, 7) is 5.25. The van der Waals surface area contributed by atoms with E-state index in [9.17, 15) is 0 Å². The topological polar surface area (TPSA) is 30.9 Å². The largest absolute Gasteiger partial charge is 0.349 e. The Balaban J connectivity index is 2.08. The molecule has 16 heavy (non-hydrogen) atoms. The molecule has 0 aliphatic heterocycles. The number of nitrogens with zero attached hydrogens (tertiary/aromatic N) is 1. The molecule has 2 rings (SSSR count). The van der Waals surface area contributed by atoms with Crippen LogP contribution in [0.2, 0.25) is 0 Å². The van der Waals surface area contributed by atoms with Gasteiger partial charge in [-0.1, -0.05) is 19.9 Å². The van der Waals surface area contributed by atoms with Gasteiger partial charge in [0.05, 0.1) is 6.54 Å². The van der Waals surface area contributed by atoms with Gasteiger partial charge >= 0.3 is 0 Å². The summed E-state index contributed by atoms with van der Waals surface area (Å²) in [6.07, 6.45) is 4.27. The van der Waals surface area contributed by atoms with Crippen LogP contribution in [0.4, 0.5) is 0 Å². The molecule has 1 atom stereocenters. The van der Waals surface area contributed by atoms with Gasteiger partial charge in [-0.15, -0.1) is 11.3 Å². The van der Waals surface area contributed by atoms with Gasteiger partial charge in [0.25, 0.3) is 0 Å². The molecule has 0 amide bonds. The molecule has 0 aliphatic rings. The van der Waals surface area contributed by atoms with E-state index >= 15 is 0 Å². The highest BCUT2D eigenvalue weighted by Crippen LogP contribution is 2.20. The van der Waals surface area contributed by atoms with E-state index in [1.165, 1.54) is 10.4 Å². The maximum absolute atomic E-state index is 6.11. The quantitative estimate of drug-likeness (QED) is 0.865. The van der Waals surface area contributed by atoms with Crippen molar-refractivity contribution < 1.29 is 0 Å². The van der Waals surface area contributed by atoms with Gasteiger partial charge in [-0.3, -0.25) is 0 Å². The molecular weight excluding hydrogens is 216 g/mol. The fourth-order valence-electron chi connectivity index (χ4n) is 1.72. The zero-order valence-corrected chi connectivity index (χ0v) is 10.6. The fraction of sp³-hybridized carbons (Fsp3) is 0.385. The van der Waals surface area contributed by atoms with Crippen LogP contribution in [0.15, 0.2) is 36.0 Å². The second-order valence-corrected chi connectivity index (χ2v) is 5.50. The van der Waals surface area contributed by atoms with Crippen molar-refractivity contribution in [2.24, 2.45) is 11.7 Å². The number of thiophene rings is 1. The van der Waals surface area contributed by atoms with Crippen LogP contribution < -0.4 is 5.73 Å². The van der Waals surface area contributed by atoms with Crippen LogP contribution in [0.3, 0.4) is 0 Å². The third kappa shape index (κ3) is 2.54. The lowest BCUT2D eigenvalue weighted by Gasteiger charge is -2.13. The van der Waals surface area contributed by atoms with Crippen LogP contribution >= 0.6 is 11.3 Å². The van der Waals surface area contributed by atoms with Crippen molar-refractivity contribution >= 4 is 11.3 Å². The lowest BCUT2D eigenvalue weighted by molar-refractivity contribution is 0.513. The van der Waals surface area contributed by atoms with E-state index < -0.39 is 0 Å². The molecule has 0 radical (unpaired) electrons. The predicted molar refractivity (Wildman–Crippen MR) is 69.6 cm³/mol. The van der Waals surface area contributed by atoms with Crippen LogP contribution in [0.5, 0.6) is 0 Å². The van der Waals surface area contributed by atoms with E-state index in [1.54, 1.807) is 11.3 Å². The van der Waals surface area contributed by atoms with E-state index in [2.05, 4.69) is 54.4 Å². The fourth-order valence-corrected chi connectivity index (χ4v) is 2.43. The predicted octanol–water partition coefficient (Wildman–Crippen LogP) is 3.25. The molecule has 2 nitrogen and oxygen atoms in total. The lowest BCUT2D eigenvalue weighted by atomic mass is 10.00. The first-order valence-electron chi connectivity index (χ1n) is 5.60. The molecule has 3 heteroatoms. The Bertz CT molecular complexity index is 428. The molecule has 86 valence electrons. The van der Waals surface area contributed by atoms with Crippen molar-refractivity contribution in [3.8, 4) is 0 Å². The second kappa shape index (κ2) is 4.85. The molecule has 0 bridgehead atoms. The summed E-state index contributed by atoms with van der Waals surface area (Å²) < 4.78 is 2.20. The average molecular weight is 234 g/mol. The number of aromatic nitrogens is 1. The number of nitrogens with two attached hydrogens (primary N) is 1. The molecule has 0 fully saturated rings. The van der Waals surface area contributed by atoms with Gasteiger partial charge in [0.15, 0.2) is 0 Å². The highest BCUT2D eigenvalue weighted by atomic mass is 32.1. The van der Waals surface area contributed by atoms with Gasteiger partial charge in [-0.2, -0.15) is 0 Å². The van der Waals surface area contributed by atoms with Gasteiger partial charge in [-0.05, 0) is 29.0 Å². The molecule has 2 N–H and O–H groups in total. The molecule has 0 aliphatic carbocycles. The Kier molecular flexibility index (Phi) is 3.46. The first kappa shape index (κ1) is 11.4. The first-order valence-corrected chi connectivity index (χ1v) is 6.48. The van der Waals surface area contributed by atoms with Crippen molar-refractivity contribution in [1.29, 1.82) is 0 Å². The van der Waals surface area contributed by atoms with Crippen LogP contribution in [0, 0.1) is 5.92 Å². The Morgan fingerprint density at radius 1 is 1.38 bits per heavy atom. The smallest absolute Gasteiger partial charge is 0.0563 e. The second-order valence-electron chi connectivity index (χ2n) is 4.47. The first-order chi connectivity index (χ1) is 7.66. The van der Waals surface area contributed by atoms with Crippen molar-refractivity contribution in [3.63, 3.8) is 0 Å². The average Bonchev–Trinajstić information content (AvgIpc) is 2.88. The molecular formula is C13H18N2S. The SMILES string of the molecule is CC(C)C(N)c1ccn(Cc2cccs2)c1. The molecule has 0 saturated heterocycles. The van der Waals surface area contributed by atoms with Crippen LogP contribution in [0.1, 0.15) is 30.3 Å². The summed E-state index contributed by atoms with van der Waals surface area (Å²) in [6, 6.07) is 6.51. The summed E-state index contributed by atoms with van der Waals surface area (Å²) in [5.74, 6) is 0.484. The molecule has 0 aromatic carbocycles. The van der Waals surface area contributed by atoms with Crippen molar-refractivity contribution in [1.82, 2.24) is 4.57 Å². The Labute approximate surface area is 101 Å². The number of hydrogen-bond donors (Lipinski definition) is 1. The maximum Gasteiger partial charge on any atom is 0.0563 e. The zero-order valence-electron chi connectivity index (χ0n) is 9.76.